The van der Waals surface area contributed by atoms with Gasteiger partial charge in [-0.1, -0.05) is 43.0 Å². The van der Waals surface area contributed by atoms with Gasteiger partial charge in [0.2, 0.25) is 0 Å². The number of esters is 1. The van der Waals surface area contributed by atoms with Crippen LogP contribution in [-0.4, -0.2) is 40.9 Å². The van der Waals surface area contributed by atoms with Crippen molar-refractivity contribution in [1.29, 1.82) is 0 Å². The van der Waals surface area contributed by atoms with E-state index in [1.165, 1.54) is 33.4 Å². The van der Waals surface area contributed by atoms with Gasteiger partial charge in [-0.2, -0.15) is 0 Å². The lowest BCUT2D eigenvalue weighted by molar-refractivity contribution is -0.143. The van der Waals surface area contributed by atoms with E-state index >= 15 is 0 Å². The van der Waals surface area contributed by atoms with E-state index in [-0.39, 0.29) is 24.8 Å². The normalized spacial score (nSPS) is 14.4. The first-order chi connectivity index (χ1) is 17.6. The van der Waals surface area contributed by atoms with Crippen molar-refractivity contribution in [2.24, 2.45) is 0 Å². The highest BCUT2D eigenvalue weighted by molar-refractivity contribution is 9.10. The Kier molecular flexibility index (Phi) is 10.6. The van der Waals surface area contributed by atoms with Crippen LogP contribution in [0.1, 0.15) is 54.5 Å². The molecule has 1 fully saturated rings. The van der Waals surface area contributed by atoms with E-state index in [0.29, 0.717) is 40.5 Å². The lowest BCUT2D eigenvalue weighted by Gasteiger charge is -2.16. The van der Waals surface area contributed by atoms with Crippen molar-refractivity contribution in [3.8, 4) is 11.5 Å². The molecule has 0 aromatic heterocycles. The van der Waals surface area contributed by atoms with Crippen LogP contribution >= 0.6 is 39.9 Å². The van der Waals surface area contributed by atoms with E-state index < -0.39 is 0 Å². The fourth-order valence-electron chi connectivity index (χ4n) is 3.74. The Bertz CT molecular complexity index is 1230. The lowest BCUT2D eigenvalue weighted by Crippen LogP contribution is -2.30. The van der Waals surface area contributed by atoms with Crippen LogP contribution in [0.3, 0.4) is 0 Å². The number of ether oxygens (including phenoxy) is 3. The molecule has 0 N–H and O–H groups in total. The maximum absolute atomic E-state index is 13.0. The van der Waals surface area contributed by atoms with E-state index in [4.69, 9.17) is 26.4 Å². The van der Waals surface area contributed by atoms with Crippen LogP contribution < -0.4 is 9.47 Å². The third-order valence-electron chi connectivity index (χ3n) is 5.83. The van der Waals surface area contributed by atoms with Gasteiger partial charge in [0.05, 0.1) is 29.0 Å². The molecule has 6 nitrogen and oxygen atoms in total. The molecule has 0 unspecified atom stereocenters. The molecule has 0 aliphatic carbocycles. The highest BCUT2D eigenvalue weighted by Crippen LogP contribution is 2.40. The number of hydrogen-bond donors (Lipinski definition) is 0. The molecule has 198 valence electrons. The minimum atomic E-state index is -0.336. The molecule has 0 bridgehead atoms. The van der Waals surface area contributed by atoms with E-state index in [0.717, 1.165) is 22.0 Å². The minimum Gasteiger partial charge on any atom is -0.490 e. The van der Waals surface area contributed by atoms with E-state index in [1.807, 2.05) is 26.0 Å². The molecule has 2 aromatic rings. The summed E-state index contributed by atoms with van der Waals surface area (Å²) in [6.45, 7) is 11.6. The molecule has 0 saturated carbocycles. The van der Waals surface area contributed by atoms with Gasteiger partial charge in [-0.3, -0.25) is 14.5 Å². The molecule has 0 atom stereocenters. The Balaban J connectivity index is 1.78. The van der Waals surface area contributed by atoms with Gasteiger partial charge in [-0.25, -0.2) is 0 Å². The van der Waals surface area contributed by atoms with Gasteiger partial charge < -0.3 is 14.2 Å². The quantitative estimate of drug-likeness (QED) is 0.157. The Labute approximate surface area is 236 Å². The average molecular weight is 607 g/mol. The van der Waals surface area contributed by atoms with Crippen LogP contribution in [0.4, 0.5) is 0 Å². The second-order valence-electron chi connectivity index (χ2n) is 8.72. The summed E-state index contributed by atoms with van der Waals surface area (Å²) in [4.78, 5) is 26.8. The van der Waals surface area contributed by atoms with Crippen molar-refractivity contribution in [1.82, 2.24) is 4.90 Å². The number of carbonyl (C=O) groups excluding carboxylic acids is 2. The smallest absolute Gasteiger partial charge is 0.307 e. The minimum absolute atomic E-state index is 0.103. The number of benzene rings is 2. The Morgan fingerprint density at radius 2 is 1.81 bits per heavy atom. The topological polar surface area (TPSA) is 65.1 Å². The number of aryl methyl sites for hydroxylation is 3. The predicted molar refractivity (Wildman–Crippen MR) is 156 cm³/mol. The molecule has 3 rings (SSSR count). The van der Waals surface area contributed by atoms with E-state index in [9.17, 15) is 9.59 Å². The molecule has 0 radical (unpaired) electrons. The molecule has 2 aromatic carbocycles. The Morgan fingerprint density at radius 1 is 1.08 bits per heavy atom. The molecular weight excluding hydrogens is 574 g/mol. The van der Waals surface area contributed by atoms with Gasteiger partial charge in [0.25, 0.3) is 5.91 Å². The van der Waals surface area contributed by atoms with Gasteiger partial charge in [-0.15, -0.1) is 0 Å². The third-order valence-corrected chi connectivity index (χ3v) is 7.80. The summed E-state index contributed by atoms with van der Waals surface area (Å²) in [6, 6.07) is 8.06. The first-order valence-electron chi connectivity index (χ1n) is 12.2. The van der Waals surface area contributed by atoms with Gasteiger partial charge in [-0.05, 0) is 96.1 Å². The molecule has 0 spiro atoms. The summed E-state index contributed by atoms with van der Waals surface area (Å²) < 4.78 is 18.3. The van der Waals surface area contributed by atoms with Crippen LogP contribution in [0.2, 0.25) is 0 Å². The van der Waals surface area contributed by atoms with Crippen LogP contribution in [0.15, 0.2) is 33.6 Å². The number of thiocarbonyl (C=S) groups is 1. The fourth-order valence-corrected chi connectivity index (χ4v) is 5.62. The zero-order valence-electron chi connectivity index (χ0n) is 21.8. The van der Waals surface area contributed by atoms with Gasteiger partial charge in [0.1, 0.15) is 10.9 Å². The third kappa shape index (κ3) is 7.58. The summed E-state index contributed by atoms with van der Waals surface area (Å²) in [7, 11) is 0. The monoisotopic (exact) mass is 605 g/mol. The van der Waals surface area contributed by atoms with Crippen molar-refractivity contribution >= 4 is 62.2 Å². The summed E-state index contributed by atoms with van der Waals surface area (Å²) in [5.41, 5.74) is 5.54. The van der Waals surface area contributed by atoms with Gasteiger partial charge >= 0.3 is 5.97 Å². The van der Waals surface area contributed by atoms with Crippen molar-refractivity contribution in [3.05, 3.63) is 61.5 Å². The summed E-state index contributed by atoms with van der Waals surface area (Å²) in [5, 5.41) is 0. The number of amides is 1. The first-order valence-corrected chi connectivity index (χ1v) is 14.2. The first kappa shape index (κ1) is 29.2. The highest BCUT2D eigenvalue weighted by Gasteiger charge is 2.32. The van der Waals surface area contributed by atoms with Crippen molar-refractivity contribution < 1.29 is 23.8 Å². The average Bonchev–Trinajstić information content (AvgIpc) is 3.10. The number of carbonyl (C=O) groups is 2. The van der Waals surface area contributed by atoms with Crippen LogP contribution in [0.5, 0.6) is 11.5 Å². The maximum Gasteiger partial charge on any atom is 0.307 e. The fraction of sp³-hybridized carbons (Fsp3) is 0.393. The molecule has 1 amide bonds. The van der Waals surface area contributed by atoms with Crippen molar-refractivity contribution in [3.63, 3.8) is 0 Å². The molecule has 1 aliphatic rings. The molecule has 1 heterocycles. The Hall–Kier alpha value is -2.36. The molecule has 9 heteroatoms. The van der Waals surface area contributed by atoms with Crippen molar-refractivity contribution in [2.75, 3.05) is 19.8 Å². The van der Waals surface area contributed by atoms with Gasteiger partial charge in [0, 0.05) is 6.54 Å². The number of thioether (sulfide) groups is 1. The molecular formula is C28H32BrNO5S2. The van der Waals surface area contributed by atoms with Crippen molar-refractivity contribution in [2.45, 2.75) is 54.1 Å². The summed E-state index contributed by atoms with van der Waals surface area (Å²) in [5.74, 6) is 0.628. The second-order valence-corrected chi connectivity index (χ2v) is 11.2. The highest BCUT2D eigenvalue weighted by atomic mass is 79.9. The SMILES string of the molecule is CCCOC(=O)CCN1C(=O)/C(=C\c2cc(Br)c(OCc3cc(C)c(C)cc3C)c(OCC)c2)SC1=S. The lowest BCUT2D eigenvalue weighted by atomic mass is 10.0. The van der Waals surface area contributed by atoms with Crippen LogP contribution in [0, 0.1) is 20.8 Å². The molecule has 37 heavy (non-hydrogen) atoms. The second kappa shape index (κ2) is 13.4. The number of hydrogen-bond acceptors (Lipinski definition) is 7. The van der Waals surface area contributed by atoms with E-state index in [2.05, 4.69) is 48.8 Å². The zero-order chi connectivity index (χ0) is 27.1. The molecule has 1 aliphatic heterocycles. The molecule has 1 saturated heterocycles. The van der Waals surface area contributed by atoms with E-state index in [1.54, 1.807) is 6.08 Å². The Morgan fingerprint density at radius 3 is 2.51 bits per heavy atom. The number of halogens is 1. The summed E-state index contributed by atoms with van der Waals surface area (Å²) in [6.07, 6.45) is 2.63. The van der Waals surface area contributed by atoms with Crippen LogP contribution in [0.25, 0.3) is 6.08 Å². The largest absolute Gasteiger partial charge is 0.490 e. The zero-order valence-corrected chi connectivity index (χ0v) is 25.0. The van der Waals surface area contributed by atoms with Crippen LogP contribution in [-0.2, 0) is 20.9 Å². The number of nitrogens with zero attached hydrogens (tertiary/aromatic N) is 1. The predicted octanol–water partition coefficient (Wildman–Crippen LogP) is 6.90. The van der Waals surface area contributed by atoms with Gasteiger partial charge in [0.15, 0.2) is 11.5 Å². The standard InChI is InChI=1S/C28H32BrNO5S2/c1-6-10-34-25(31)8-9-30-27(32)24(37-28(30)36)15-20-13-22(29)26(23(14-20)33-7-2)35-16-21-12-18(4)17(3)11-19(21)5/h11-15H,6-10,16H2,1-5H3/b24-15+. The summed E-state index contributed by atoms with van der Waals surface area (Å²) >= 11 is 10.2. The maximum atomic E-state index is 13.0. The number of rotatable bonds is 11.